The van der Waals surface area contributed by atoms with Gasteiger partial charge in [-0.15, -0.1) is 8.58 Å². The Morgan fingerprint density at radius 1 is 1.08 bits per heavy atom. The predicted octanol–water partition coefficient (Wildman–Crippen LogP) is 3.71. The third kappa shape index (κ3) is 5.05. The first-order chi connectivity index (χ1) is 6.43. The summed E-state index contributed by atoms with van der Waals surface area (Å²) in [5.74, 6) is 0. The average Bonchev–Trinajstić information content (AvgIpc) is 2.19. The number of aryl methyl sites for hydroxylation is 1. The van der Waals surface area contributed by atoms with Gasteiger partial charge in [0.2, 0.25) is 0 Å². The Hall–Kier alpha value is -0.350. The van der Waals surface area contributed by atoms with Gasteiger partial charge < -0.3 is 0 Å². The SMILES string of the molecule is CCCPCCCc1ccccc1. The highest BCUT2D eigenvalue weighted by Gasteiger charge is 1.91. The third-order valence-electron chi connectivity index (χ3n) is 2.09. The van der Waals surface area contributed by atoms with Crippen molar-refractivity contribution in [2.45, 2.75) is 26.2 Å². The molecule has 0 aliphatic heterocycles. The molecule has 1 aromatic rings. The van der Waals surface area contributed by atoms with Crippen LogP contribution in [0.15, 0.2) is 30.3 Å². The number of benzene rings is 1. The molecular formula is C12H19P. The summed E-state index contributed by atoms with van der Waals surface area (Å²) in [7, 11) is 1.18. The summed E-state index contributed by atoms with van der Waals surface area (Å²) < 4.78 is 0. The zero-order valence-corrected chi connectivity index (χ0v) is 9.42. The van der Waals surface area contributed by atoms with Crippen LogP contribution in [0.2, 0.25) is 0 Å². The Morgan fingerprint density at radius 3 is 2.54 bits per heavy atom. The highest BCUT2D eigenvalue weighted by atomic mass is 31.1. The van der Waals surface area contributed by atoms with E-state index in [-0.39, 0.29) is 0 Å². The number of rotatable bonds is 6. The van der Waals surface area contributed by atoms with E-state index in [9.17, 15) is 0 Å². The van der Waals surface area contributed by atoms with E-state index >= 15 is 0 Å². The minimum atomic E-state index is 1.18. The number of hydrogen-bond acceptors (Lipinski definition) is 0. The molecule has 0 saturated heterocycles. The zero-order valence-electron chi connectivity index (χ0n) is 8.42. The monoisotopic (exact) mass is 194 g/mol. The molecule has 1 atom stereocenters. The average molecular weight is 194 g/mol. The molecule has 0 spiro atoms. The normalized spacial score (nSPS) is 11.2. The summed E-state index contributed by atoms with van der Waals surface area (Å²) in [5, 5.41) is 0. The summed E-state index contributed by atoms with van der Waals surface area (Å²) in [4.78, 5) is 0. The molecule has 0 nitrogen and oxygen atoms in total. The summed E-state index contributed by atoms with van der Waals surface area (Å²) >= 11 is 0. The Balaban J connectivity index is 2.07. The van der Waals surface area contributed by atoms with Crippen molar-refractivity contribution in [1.29, 1.82) is 0 Å². The fourth-order valence-corrected chi connectivity index (χ4v) is 2.39. The van der Waals surface area contributed by atoms with Gasteiger partial charge in [0.05, 0.1) is 0 Å². The lowest BCUT2D eigenvalue weighted by atomic mass is 10.1. The van der Waals surface area contributed by atoms with E-state index < -0.39 is 0 Å². The van der Waals surface area contributed by atoms with Gasteiger partial charge in [-0.3, -0.25) is 0 Å². The van der Waals surface area contributed by atoms with Crippen LogP contribution >= 0.6 is 8.58 Å². The first-order valence-electron chi connectivity index (χ1n) is 5.18. The molecule has 72 valence electrons. The summed E-state index contributed by atoms with van der Waals surface area (Å²) in [6.07, 6.45) is 6.82. The van der Waals surface area contributed by atoms with Gasteiger partial charge in [-0.05, 0) is 30.7 Å². The van der Waals surface area contributed by atoms with Gasteiger partial charge in [-0.1, -0.05) is 43.7 Å². The van der Waals surface area contributed by atoms with Crippen molar-refractivity contribution in [2.75, 3.05) is 12.3 Å². The topological polar surface area (TPSA) is 0 Å². The molecule has 0 amide bonds. The maximum absolute atomic E-state index is 2.27. The Bertz CT molecular complexity index is 206. The molecule has 1 rings (SSSR count). The Morgan fingerprint density at radius 2 is 1.85 bits per heavy atom. The Kier molecular flexibility index (Phi) is 5.85. The van der Waals surface area contributed by atoms with Crippen LogP contribution in [0, 0.1) is 0 Å². The molecule has 0 N–H and O–H groups in total. The second kappa shape index (κ2) is 7.09. The van der Waals surface area contributed by atoms with Crippen LogP contribution in [0.4, 0.5) is 0 Å². The number of hydrogen-bond donors (Lipinski definition) is 0. The van der Waals surface area contributed by atoms with E-state index in [1.54, 1.807) is 0 Å². The van der Waals surface area contributed by atoms with Crippen LogP contribution in [0.1, 0.15) is 25.3 Å². The van der Waals surface area contributed by atoms with Crippen molar-refractivity contribution in [1.82, 2.24) is 0 Å². The molecule has 1 unspecified atom stereocenters. The van der Waals surface area contributed by atoms with E-state index in [0.29, 0.717) is 0 Å². The zero-order chi connectivity index (χ0) is 9.36. The largest absolute Gasteiger partial charge is 0.122 e. The van der Waals surface area contributed by atoms with Crippen LogP contribution in [0.3, 0.4) is 0 Å². The summed E-state index contributed by atoms with van der Waals surface area (Å²) in [5.41, 5.74) is 1.49. The molecule has 0 heterocycles. The lowest BCUT2D eigenvalue weighted by molar-refractivity contribution is 0.927. The molecule has 0 bridgehead atoms. The molecule has 0 fully saturated rings. The summed E-state index contributed by atoms with van der Waals surface area (Å²) in [6, 6.07) is 10.8. The third-order valence-corrected chi connectivity index (χ3v) is 3.65. The molecule has 0 radical (unpaired) electrons. The van der Waals surface area contributed by atoms with Crippen LogP contribution in [-0.4, -0.2) is 12.3 Å². The van der Waals surface area contributed by atoms with Gasteiger partial charge in [0.15, 0.2) is 0 Å². The van der Waals surface area contributed by atoms with Crippen molar-refractivity contribution in [3.8, 4) is 0 Å². The maximum atomic E-state index is 2.27. The standard InChI is InChI=1S/C12H19P/c1-2-10-13-11-6-9-12-7-4-3-5-8-12/h3-5,7-8,13H,2,6,9-11H2,1H3. The van der Waals surface area contributed by atoms with Crippen molar-refractivity contribution < 1.29 is 0 Å². The van der Waals surface area contributed by atoms with Gasteiger partial charge in [0, 0.05) is 0 Å². The predicted molar refractivity (Wildman–Crippen MR) is 63.1 cm³/mol. The van der Waals surface area contributed by atoms with Crippen molar-refractivity contribution in [3.05, 3.63) is 35.9 Å². The van der Waals surface area contributed by atoms with Gasteiger partial charge in [-0.2, -0.15) is 0 Å². The molecule has 0 aromatic heterocycles. The minimum absolute atomic E-state index is 1.18. The second-order valence-corrected chi connectivity index (χ2v) is 4.84. The maximum Gasteiger partial charge on any atom is -0.0276 e. The smallest absolute Gasteiger partial charge is 0.0276 e. The van der Waals surface area contributed by atoms with Crippen molar-refractivity contribution in [3.63, 3.8) is 0 Å². The van der Waals surface area contributed by atoms with Gasteiger partial charge in [0.1, 0.15) is 0 Å². The van der Waals surface area contributed by atoms with Crippen LogP contribution in [0.5, 0.6) is 0 Å². The van der Waals surface area contributed by atoms with Gasteiger partial charge >= 0.3 is 0 Å². The molecule has 0 aliphatic carbocycles. The molecular weight excluding hydrogens is 175 g/mol. The fraction of sp³-hybridized carbons (Fsp3) is 0.500. The summed E-state index contributed by atoms with van der Waals surface area (Å²) in [6.45, 7) is 2.27. The molecule has 1 aromatic carbocycles. The van der Waals surface area contributed by atoms with E-state index in [1.165, 1.54) is 45.7 Å². The van der Waals surface area contributed by atoms with E-state index in [4.69, 9.17) is 0 Å². The van der Waals surface area contributed by atoms with E-state index in [1.807, 2.05) is 0 Å². The van der Waals surface area contributed by atoms with Crippen LogP contribution in [0.25, 0.3) is 0 Å². The first kappa shape index (κ1) is 10.7. The highest BCUT2D eigenvalue weighted by molar-refractivity contribution is 7.37. The molecule has 13 heavy (non-hydrogen) atoms. The minimum Gasteiger partial charge on any atom is -0.122 e. The van der Waals surface area contributed by atoms with E-state index in [2.05, 4.69) is 37.3 Å². The van der Waals surface area contributed by atoms with Crippen molar-refractivity contribution in [2.24, 2.45) is 0 Å². The second-order valence-electron chi connectivity index (χ2n) is 3.34. The van der Waals surface area contributed by atoms with Crippen LogP contribution in [-0.2, 0) is 6.42 Å². The fourth-order valence-electron chi connectivity index (χ4n) is 1.36. The van der Waals surface area contributed by atoms with E-state index in [0.717, 1.165) is 0 Å². The quantitative estimate of drug-likeness (QED) is 0.478. The lowest BCUT2D eigenvalue weighted by Crippen LogP contribution is -1.86. The lowest BCUT2D eigenvalue weighted by Gasteiger charge is -2.00. The van der Waals surface area contributed by atoms with Crippen molar-refractivity contribution >= 4 is 8.58 Å². The Labute approximate surface area is 83.5 Å². The van der Waals surface area contributed by atoms with Gasteiger partial charge in [-0.25, -0.2) is 0 Å². The molecule has 0 aliphatic rings. The highest BCUT2D eigenvalue weighted by Crippen LogP contribution is 2.14. The molecule has 1 heteroatoms. The molecule has 0 saturated carbocycles. The van der Waals surface area contributed by atoms with Gasteiger partial charge in [0.25, 0.3) is 0 Å². The van der Waals surface area contributed by atoms with Crippen LogP contribution < -0.4 is 0 Å². The first-order valence-corrected chi connectivity index (χ1v) is 6.59.